The Morgan fingerprint density at radius 3 is 2.67 bits per heavy atom. The number of benzene rings is 2. The Morgan fingerprint density at radius 1 is 1.28 bits per heavy atom. The molecule has 39 heavy (non-hydrogen) atoms. The van der Waals surface area contributed by atoms with Crippen LogP contribution in [0.15, 0.2) is 42.6 Å². The predicted octanol–water partition coefficient (Wildman–Crippen LogP) is 4.54. The van der Waals surface area contributed by atoms with Gasteiger partial charge >= 0.3 is 0 Å². The molecule has 0 aliphatic carbocycles. The van der Waals surface area contributed by atoms with E-state index in [0.29, 0.717) is 19.5 Å². The Balaban J connectivity index is 1.56. The van der Waals surface area contributed by atoms with Crippen LogP contribution in [0.25, 0.3) is 10.9 Å². The number of aromatic amines is 1. The van der Waals surface area contributed by atoms with Crippen molar-refractivity contribution < 1.29 is 22.7 Å². The van der Waals surface area contributed by atoms with Gasteiger partial charge in [0.15, 0.2) is 0 Å². The van der Waals surface area contributed by atoms with Crippen LogP contribution in [0.3, 0.4) is 0 Å². The minimum atomic E-state index is -1.57. The highest BCUT2D eigenvalue weighted by molar-refractivity contribution is 5.87. The zero-order valence-electron chi connectivity index (χ0n) is 23.0. The van der Waals surface area contributed by atoms with Crippen LogP contribution in [0, 0.1) is 11.6 Å². The largest absolute Gasteiger partial charge is 0.492 e. The number of hydrogen-bond acceptors (Lipinski definition) is 5. The minimum Gasteiger partial charge on any atom is -0.492 e. The van der Waals surface area contributed by atoms with Gasteiger partial charge in [-0.1, -0.05) is 12.1 Å². The number of hydrogen-bond donors (Lipinski definition) is 2. The van der Waals surface area contributed by atoms with Crippen molar-refractivity contribution >= 4 is 16.8 Å². The molecule has 1 aliphatic rings. The molecule has 0 unspecified atom stereocenters. The lowest BCUT2D eigenvalue weighted by atomic mass is 9.82. The van der Waals surface area contributed by atoms with Crippen molar-refractivity contribution in [1.29, 1.82) is 0 Å². The summed E-state index contributed by atoms with van der Waals surface area (Å²) in [6, 6.07) is 5.07. The van der Waals surface area contributed by atoms with E-state index in [1.807, 2.05) is 24.0 Å². The lowest BCUT2D eigenvalue weighted by Crippen LogP contribution is -2.48. The first-order chi connectivity index (χ1) is 18.5. The minimum absolute atomic E-state index is 0.0130. The van der Waals surface area contributed by atoms with Gasteiger partial charge in [-0.25, -0.2) is 13.2 Å². The smallest absolute Gasteiger partial charge is 0.245 e. The molecular formula is C29H36F3N5O2. The van der Waals surface area contributed by atoms with Crippen molar-refractivity contribution in [3.8, 4) is 5.75 Å². The van der Waals surface area contributed by atoms with Crippen molar-refractivity contribution in [3.63, 3.8) is 0 Å². The number of halogens is 3. The Bertz CT molecular complexity index is 1330. The highest BCUT2D eigenvalue weighted by atomic mass is 19.1. The molecule has 2 aromatic carbocycles. The second-order valence-electron chi connectivity index (χ2n) is 10.8. The number of fused-ring (bicyclic) bond motifs is 3. The van der Waals surface area contributed by atoms with E-state index in [4.69, 9.17) is 4.74 Å². The van der Waals surface area contributed by atoms with E-state index in [-0.39, 0.29) is 36.4 Å². The number of alkyl halides is 1. The van der Waals surface area contributed by atoms with E-state index in [9.17, 15) is 9.18 Å². The lowest BCUT2D eigenvalue weighted by molar-refractivity contribution is -0.123. The third-order valence-corrected chi connectivity index (χ3v) is 6.86. The van der Waals surface area contributed by atoms with E-state index in [1.165, 1.54) is 37.0 Å². The number of nitrogens with zero attached hydrogens (tertiary/aromatic N) is 3. The molecule has 0 saturated carbocycles. The predicted molar refractivity (Wildman–Crippen MR) is 146 cm³/mol. The van der Waals surface area contributed by atoms with Crippen LogP contribution in [-0.4, -0.2) is 78.0 Å². The summed E-state index contributed by atoms with van der Waals surface area (Å²) in [6.07, 6.45) is 5.49. The number of carbonyl (C=O) groups is 1. The van der Waals surface area contributed by atoms with E-state index in [1.54, 1.807) is 26.4 Å². The van der Waals surface area contributed by atoms with Crippen LogP contribution in [0.4, 0.5) is 13.2 Å². The van der Waals surface area contributed by atoms with Crippen LogP contribution in [0.2, 0.25) is 0 Å². The molecule has 10 heteroatoms. The normalized spacial score (nSPS) is 18.1. The Labute approximate surface area is 227 Å². The van der Waals surface area contributed by atoms with Crippen LogP contribution in [-0.2, 0) is 11.2 Å². The third-order valence-electron chi connectivity index (χ3n) is 6.86. The second kappa shape index (κ2) is 11.8. The standard InChI is InChI=1S/C29H36F3N5O2/c1-18-13-21-20(8-9-25-22(21)16-34-35-25)28(37(18)17-29(2,3)32)27-23(30)14-19(15-24(27)31)39-12-11-33-10-6-7-26(38)36(4)5/h6-9,14-16,18,28,33H,10-13,17H2,1-5H3,(H,34,35)/b7-6+/t18-,28+/m1/s1. The first-order valence-corrected chi connectivity index (χ1v) is 13.1. The van der Waals surface area contributed by atoms with Crippen molar-refractivity contribution in [3.05, 3.63) is 70.9 Å². The van der Waals surface area contributed by atoms with Crippen molar-refractivity contribution in [2.45, 2.75) is 44.9 Å². The number of rotatable bonds is 10. The number of nitrogens with one attached hydrogen (secondary N) is 2. The average Bonchev–Trinajstić information content (AvgIpc) is 3.33. The zero-order chi connectivity index (χ0) is 28.3. The van der Waals surface area contributed by atoms with Gasteiger partial charge in [0.05, 0.1) is 17.8 Å². The van der Waals surface area contributed by atoms with Crippen molar-refractivity contribution in [2.75, 3.05) is 40.3 Å². The lowest BCUT2D eigenvalue weighted by Gasteiger charge is -2.44. The van der Waals surface area contributed by atoms with E-state index < -0.39 is 23.3 Å². The molecule has 4 rings (SSSR count). The van der Waals surface area contributed by atoms with E-state index in [2.05, 4.69) is 15.5 Å². The van der Waals surface area contributed by atoms with Gasteiger partial charge in [-0.3, -0.25) is 14.8 Å². The molecular weight excluding hydrogens is 507 g/mol. The Morgan fingerprint density at radius 2 is 2.00 bits per heavy atom. The van der Waals surface area contributed by atoms with Gasteiger partial charge in [-0.2, -0.15) is 5.10 Å². The molecule has 7 nitrogen and oxygen atoms in total. The van der Waals surface area contributed by atoms with Gasteiger partial charge in [-0.15, -0.1) is 0 Å². The molecule has 0 bridgehead atoms. The topological polar surface area (TPSA) is 73.5 Å². The fourth-order valence-electron chi connectivity index (χ4n) is 5.07. The third kappa shape index (κ3) is 6.62. The average molecular weight is 544 g/mol. The maximum Gasteiger partial charge on any atom is 0.245 e. The molecule has 1 aromatic heterocycles. The molecule has 0 fully saturated rings. The highest BCUT2D eigenvalue weighted by Crippen LogP contribution is 2.43. The molecule has 3 aromatic rings. The van der Waals surface area contributed by atoms with Crippen LogP contribution in [0.1, 0.15) is 43.5 Å². The quantitative estimate of drug-likeness (QED) is 0.290. The highest BCUT2D eigenvalue weighted by Gasteiger charge is 2.40. The van der Waals surface area contributed by atoms with E-state index >= 15 is 8.78 Å². The summed E-state index contributed by atoms with van der Waals surface area (Å²) in [4.78, 5) is 14.8. The summed E-state index contributed by atoms with van der Waals surface area (Å²) in [5, 5.41) is 11.1. The summed E-state index contributed by atoms with van der Waals surface area (Å²) >= 11 is 0. The molecule has 210 valence electrons. The van der Waals surface area contributed by atoms with Gasteiger partial charge in [0.2, 0.25) is 5.91 Å². The van der Waals surface area contributed by atoms with Crippen molar-refractivity contribution in [2.24, 2.45) is 0 Å². The van der Waals surface area contributed by atoms with Gasteiger partial charge < -0.3 is 15.0 Å². The first-order valence-electron chi connectivity index (χ1n) is 13.1. The van der Waals surface area contributed by atoms with Gasteiger partial charge in [0, 0.05) is 68.9 Å². The summed E-state index contributed by atoms with van der Waals surface area (Å²) in [6.45, 7) is 5.95. The SMILES string of the molecule is C[C@@H]1Cc2c(ccc3[nH]ncc23)[C@@H](c2c(F)cc(OCCNC/C=C/C(=O)N(C)C)cc2F)N1CC(C)(C)F. The molecule has 0 saturated heterocycles. The van der Waals surface area contributed by atoms with Gasteiger partial charge in [0.1, 0.15) is 29.7 Å². The van der Waals surface area contributed by atoms with Gasteiger partial charge in [-0.05, 0) is 44.4 Å². The van der Waals surface area contributed by atoms with Crippen LogP contribution >= 0.6 is 0 Å². The van der Waals surface area contributed by atoms with Crippen molar-refractivity contribution in [1.82, 2.24) is 25.3 Å². The summed E-state index contributed by atoms with van der Waals surface area (Å²) in [5.74, 6) is -1.54. The molecule has 0 radical (unpaired) electrons. The molecule has 2 N–H and O–H groups in total. The van der Waals surface area contributed by atoms with Crippen LogP contribution < -0.4 is 10.1 Å². The van der Waals surface area contributed by atoms with Crippen LogP contribution in [0.5, 0.6) is 5.75 Å². The number of aromatic nitrogens is 2. The monoisotopic (exact) mass is 543 g/mol. The summed E-state index contributed by atoms with van der Waals surface area (Å²) in [5.41, 5.74) is 0.843. The molecule has 1 aliphatic heterocycles. The number of likely N-dealkylation sites (N-methyl/N-ethyl adjacent to an activating group) is 1. The fraction of sp³-hybridized carbons (Fsp3) is 0.448. The maximum atomic E-state index is 15.7. The first kappa shape index (κ1) is 28.6. The molecule has 0 spiro atoms. The second-order valence-corrected chi connectivity index (χ2v) is 10.8. The maximum absolute atomic E-state index is 15.7. The molecule has 1 amide bonds. The van der Waals surface area contributed by atoms with E-state index in [0.717, 1.165) is 22.0 Å². The summed E-state index contributed by atoms with van der Waals surface area (Å²) < 4.78 is 51.9. The molecule has 2 heterocycles. The number of ether oxygens (including phenoxy) is 1. The number of carbonyl (C=O) groups excluding carboxylic acids is 1. The number of amides is 1. The fourth-order valence-corrected chi connectivity index (χ4v) is 5.07. The zero-order valence-corrected chi connectivity index (χ0v) is 23.0. The Kier molecular flexibility index (Phi) is 8.66. The van der Waals surface area contributed by atoms with Gasteiger partial charge in [0.25, 0.3) is 0 Å². The summed E-state index contributed by atoms with van der Waals surface area (Å²) in [7, 11) is 3.34. The Hall–Kier alpha value is -3.37. The molecule has 2 atom stereocenters. The number of H-pyrrole nitrogens is 1.